The number of aliphatic hydroxyl groups excluding tert-OH is 1. The first kappa shape index (κ1) is 8.57. The summed E-state index contributed by atoms with van der Waals surface area (Å²) in [5.74, 6) is 0. The normalized spacial score (nSPS) is 13.0. The molecule has 0 aliphatic rings. The number of halogens is 1. The molecule has 0 aliphatic carbocycles. The molecule has 0 amide bonds. The van der Waals surface area contributed by atoms with Crippen LogP contribution < -0.4 is 0 Å². The van der Waals surface area contributed by atoms with Gasteiger partial charge in [0.2, 0.25) is 0 Å². The van der Waals surface area contributed by atoms with Gasteiger partial charge in [0, 0.05) is 11.4 Å². The Kier molecular flexibility index (Phi) is 2.92. The van der Waals surface area contributed by atoms with Crippen molar-refractivity contribution in [3.8, 4) is 0 Å². The van der Waals surface area contributed by atoms with Crippen LogP contribution in [0.15, 0.2) is 24.3 Å². The number of hydrogen-bond donors (Lipinski definition) is 1. The van der Waals surface area contributed by atoms with E-state index in [4.69, 9.17) is 16.7 Å². The topological polar surface area (TPSA) is 20.2 Å². The Labute approximate surface area is 71.6 Å². The third kappa shape index (κ3) is 2.52. The molecule has 1 rings (SSSR count). The van der Waals surface area contributed by atoms with Gasteiger partial charge in [-0.25, -0.2) is 0 Å². The van der Waals surface area contributed by atoms with Crippen molar-refractivity contribution in [3.63, 3.8) is 0 Å². The molecule has 0 fully saturated rings. The van der Waals surface area contributed by atoms with Crippen molar-refractivity contribution in [3.05, 3.63) is 41.3 Å². The molecular formula is C9H10ClO. The standard InChI is InChI=1S/C9H10ClO/c1-7(11)6-8-4-2-3-5-9(8)10/h2-7,11H,1H3/t7-/m1/s1. The molecule has 1 aromatic rings. The van der Waals surface area contributed by atoms with E-state index >= 15 is 0 Å². The molecule has 0 aliphatic heterocycles. The minimum Gasteiger partial charge on any atom is -0.393 e. The van der Waals surface area contributed by atoms with Crippen molar-refractivity contribution < 1.29 is 5.11 Å². The average Bonchev–Trinajstić information content (AvgIpc) is 1.93. The summed E-state index contributed by atoms with van der Waals surface area (Å²) < 4.78 is 0. The maximum Gasteiger partial charge on any atom is 0.0588 e. The van der Waals surface area contributed by atoms with Gasteiger partial charge in [-0.2, -0.15) is 0 Å². The third-order valence-corrected chi connectivity index (χ3v) is 1.67. The summed E-state index contributed by atoms with van der Waals surface area (Å²) in [5, 5.41) is 9.69. The Morgan fingerprint density at radius 1 is 1.45 bits per heavy atom. The van der Waals surface area contributed by atoms with E-state index in [1.165, 1.54) is 0 Å². The van der Waals surface area contributed by atoms with Gasteiger partial charge in [0.25, 0.3) is 0 Å². The molecule has 0 bridgehead atoms. The van der Waals surface area contributed by atoms with Gasteiger partial charge < -0.3 is 5.11 Å². The summed E-state index contributed by atoms with van der Waals surface area (Å²) in [4.78, 5) is 0. The molecule has 0 saturated heterocycles. The molecule has 1 aromatic carbocycles. The van der Waals surface area contributed by atoms with Crippen molar-refractivity contribution >= 4 is 11.6 Å². The average molecular weight is 170 g/mol. The van der Waals surface area contributed by atoms with Crippen LogP contribution in [0.25, 0.3) is 0 Å². The van der Waals surface area contributed by atoms with Gasteiger partial charge in [-0.15, -0.1) is 0 Å². The molecule has 1 radical (unpaired) electrons. The Balaban J connectivity index is 2.78. The van der Waals surface area contributed by atoms with Crippen LogP contribution in [-0.2, 0) is 0 Å². The molecule has 59 valence electrons. The quantitative estimate of drug-likeness (QED) is 0.720. The van der Waals surface area contributed by atoms with Crippen LogP contribution in [0.1, 0.15) is 12.5 Å². The van der Waals surface area contributed by atoms with Gasteiger partial charge in [0.1, 0.15) is 0 Å². The fraction of sp³-hybridized carbons (Fsp3) is 0.222. The highest BCUT2D eigenvalue weighted by Crippen LogP contribution is 2.17. The molecule has 0 unspecified atom stereocenters. The second-order valence-electron chi connectivity index (χ2n) is 2.43. The fourth-order valence-electron chi connectivity index (χ4n) is 0.870. The molecule has 0 spiro atoms. The number of aliphatic hydroxyl groups is 1. The van der Waals surface area contributed by atoms with Crippen LogP contribution in [0.3, 0.4) is 0 Å². The van der Waals surface area contributed by atoms with E-state index in [1.807, 2.05) is 18.2 Å². The maximum atomic E-state index is 9.02. The van der Waals surface area contributed by atoms with Crippen LogP contribution in [0.2, 0.25) is 5.02 Å². The Morgan fingerprint density at radius 2 is 2.09 bits per heavy atom. The predicted octanol–water partition coefficient (Wildman–Crippen LogP) is 2.27. The summed E-state index contributed by atoms with van der Waals surface area (Å²) in [6.45, 7) is 1.70. The molecule has 0 saturated carbocycles. The van der Waals surface area contributed by atoms with Crippen molar-refractivity contribution in [1.82, 2.24) is 0 Å². The highest BCUT2D eigenvalue weighted by atomic mass is 35.5. The lowest BCUT2D eigenvalue weighted by Gasteiger charge is -2.04. The summed E-state index contributed by atoms with van der Waals surface area (Å²) in [5.41, 5.74) is 0.879. The van der Waals surface area contributed by atoms with Crippen LogP contribution in [0, 0.1) is 6.42 Å². The lowest BCUT2D eigenvalue weighted by molar-refractivity contribution is 0.231. The van der Waals surface area contributed by atoms with E-state index in [2.05, 4.69) is 0 Å². The number of hydrogen-bond acceptors (Lipinski definition) is 1. The molecule has 1 atom stereocenters. The van der Waals surface area contributed by atoms with Gasteiger partial charge in [0.05, 0.1) is 6.10 Å². The van der Waals surface area contributed by atoms with Gasteiger partial charge in [-0.05, 0) is 18.6 Å². The Hall–Kier alpha value is -0.530. The zero-order chi connectivity index (χ0) is 8.27. The zero-order valence-corrected chi connectivity index (χ0v) is 7.05. The van der Waals surface area contributed by atoms with Crippen molar-refractivity contribution in [2.45, 2.75) is 13.0 Å². The van der Waals surface area contributed by atoms with Gasteiger partial charge in [-0.3, -0.25) is 0 Å². The largest absolute Gasteiger partial charge is 0.393 e. The lowest BCUT2D eigenvalue weighted by atomic mass is 10.1. The summed E-state index contributed by atoms with van der Waals surface area (Å²) in [7, 11) is 0. The molecule has 2 heteroatoms. The van der Waals surface area contributed by atoms with Crippen LogP contribution in [0.4, 0.5) is 0 Å². The number of rotatable bonds is 2. The summed E-state index contributed by atoms with van der Waals surface area (Å²) in [6.07, 6.45) is 1.26. The van der Waals surface area contributed by atoms with Crippen LogP contribution in [-0.4, -0.2) is 11.2 Å². The van der Waals surface area contributed by atoms with E-state index in [1.54, 1.807) is 19.4 Å². The minimum absolute atomic E-state index is 0.449. The highest BCUT2D eigenvalue weighted by molar-refractivity contribution is 6.31. The SMILES string of the molecule is C[C@@H](O)[CH]c1ccccc1Cl. The molecule has 0 aromatic heterocycles. The van der Waals surface area contributed by atoms with Crippen molar-refractivity contribution in [1.29, 1.82) is 0 Å². The Bertz CT molecular complexity index is 233. The van der Waals surface area contributed by atoms with Gasteiger partial charge in [0.15, 0.2) is 0 Å². The monoisotopic (exact) mass is 169 g/mol. The fourth-order valence-corrected chi connectivity index (χ4v) is 1.07. The van der Waals surface area contributed by atoms with Gasteiger partial charge in [-0.1, -0.05) is 29.8 Å². The molecule has 1 N–H and O–H groups in total. The lowest BCUT2D eigenvalue weighted by Crippen LogP contribution is -2.01. The summed E-state index contributed by atoms with van der Waals surface area (Å²) in [6, 6.07) is 7.42. The molecule has 11 heavy (non-hydrogen) atoms. The van der Waals surface area contributed by atoms with Gasteiger partial charge >= 0.3 is 0 Å². The molecule has 1 nitrogen and oxygen atoms in total. The molecular weight excluding hydrogens is 160 g/mol. The third-order valence-electron chi connectivity index (χ3n) is 1.33. The van der Waals surface area contributed by atoms with E-state index in [0.29, 0.717) is 5.02 Å². The first-order valence-electron chi connectivity index (χ1n) is 3.47. The first-order valence-corrected chi connectivity index (χ1v) is 3.85. The smallest absolute Gasteiger partial charge is 0.0588 e. The first-order chi connectivity index (χ1) is 5.20. The number of benzene rings is 1. The van der Waals surface area contributed by atoms with E-state index in [-0.39, 0.29) is 0 Å². The summed E-state index contributed by atoms with van der Waals surface area (Å²) >= 11 is 5.83. The van der Waals surface area contributed by atoms with E-state index in [0.717, 1.165) is 5.56 Å². The Morgan fingerprint density at radius 3 is 2.64 bits per heavy atom. The second-order valence-corrected chi connectivity index (χ2v) is 2.84. The maximum absolute atomic E-state index is 9.02. The van der Waals surface area contributed by atoms with Crippen molar-refractivity contribution in [2.75, 3.05) is 0 Å². The minimum atomic E-state index is -0.449. The van der Waals surface area contributed by atoms with E-state index < -0.39 is 6.10 Å². The van der Waals surface area contributed by atoms with Crippen molar-refractivity contribution in [2.24, 2.45) is 0 Å². The van der Waals surface area contributed by atoms with Crippen LogP contribution in [0.5, 0.6) is 0 Å². The molecule has 0 heterocycles. The highest BCUT2D eigenvalue weighted by Gasteiger charge is 2.02. The van der Waals surface area contributed by atoms with E-state index in [9.17, 15) is 0 Å². The second kappa shape index (κ2) is 3.74. The predicted molar refractivity (Wildman–Crippen MR) is 46.5 cm³/mol. The van der Waals surface area contributed by atoms with Crippen LogP contribution >= 0.6 is 11.6 Å². The zero-order valence-electron chi connectivity index (χ0n) is 6.29.